The molecule has 0 saturated carbocycles. The van der Waals surface area contributed by atoms with Crippen LogP contribution in [0.5, 0.6) is 0 Å². The Balaban J connectivity index is 0.000000720. The van der Waals surface area contributed by atoms with Crippen LogP contribution in [-0.2, 0) is 21.1 Å². The average Bonchev–Trinajstić information content (AvgIpc) is 2.34. The number of aromatic nitrogens is 4. The molecule has 0 spiro atoms. The summed E-state index contributed by atoms with van der Waals surface area (Å²) >= 11 is 0. The number of nitrogens with zero attached hydrogens (tertiary/aromatic N) is 4. The third kappa shape index (κ3) is 2.26. The molecule has 13 heavy (non-hydrogen) atoms. The van der Waals surface area contributed by atoms with Crippen LogP contribution >= 0.6 is 0 Å². The molecule has 6 heteroatoms. The van der Waals surface area contributed by atoms with E-state index in [1.807, 2.05) is 19.9 Å². The van der Waals surface area contributed by atoms with Gasteiger partial charge in [-0.3, -0.25) is 0 Å². The predicted molar refractivity (Wildman–Crippen MR) is 40.3 cm³/mol. The molecule has 4 nitrogen and oxygen atoms in total. The van der Waals surface area contributed by atoms with Crippen LogP contribution in [0.1, 0.15) is 11.4 Å². The molecule has 0 N–H and O–H groups in total. The first kappa shape index (κ1) is 12.5. The first-order chi connectivity index (χ1) is 5.27. The molecule has 0 amide bonds. The third-order valence-corrected chi connectivity index (χ3v) is 1.56. The van der Waals surface area contributed by atoms with Crippen molar-refractivity contribution in [3.8, 4) is 0 Å². The Bertz CT molecular complexity index is 400. The molecule has 2 aromatic heterocycles. The molecule has 2 rings (SSSR count). The molecular weight excluding hydrogens is 371 g/mol. The van der Waals surface area contributed by atoms with Crippen molar-refractivity contribution in [2.75, 3.05) is 0 Å². The van der Waals surface area contributed by atoms with E-state index in [0.29, 0.717) is 5.78 Å². The fourth-order valence-electron chi connectivity index (χ4n) is 1.11. The molecule has 0 radical (unpaired) electrons. The van der Waals surface area contributed by atoms with Gasteiger partial charge in [-0.2, -0.15) is 10.1 Å². The van der Waals surface area contributed by atoms with E-state index < -0.39 is 0 Å². The van der Waals surface area contributed by atoms with Gasteiger partial charge in [-0.15, -0.1) is 0 Å². The van der Waals surface area contributed by atoms with Crippen LogP contribution in [0.3, 0.4) is 0 Å². The summed E-state index contributed by atoms with van der Waals surface area (Å²) in [7, 11) is 0. The van der Waals surface area contributed by atoms with Crippen LogP contribution in [0.2, 0.25) is 0 Å². The van der Waals surface area contributed by atoms with Crippen LogP contribution < -0.4 is 12.4 Å². The molecule has 0 aliphatic carbocycles. The van der Waals surface area contributed by atoms with E-state index in [9.17, 15) is 0 Å². The van der Waals surface area contributed by atoms with Crippen molar-refractivity contribution >= 4 is 5.78 Å². The number of hydrogen-bond donors (Lipinski definition) is 0. The Labute approximate surface area is 96.4 Å². The molecule has 2 heterocycles. The fraction of sp³-hybridized carbons (Fsp3) is 0.286. The van der Waals surface area contributed by atoms with Crippen LogP contribution in [0.4, 0.5) is 0 Å². The minimum absolute atomic E-state index is 0. The van der Waals surface area contributed by atoms with Gasteiger partial charge in [-0.05, 0) is 19.9 Å². The van der Waals surface area contributed by atoms with E-state index in [0.717, 1.165) is 11.4 Å². The number of fused-ring (bicyclic) bond motifs is 1. The second-order valence-corrected chi connectivity index (χ2v) is 2.51. The largest absolute Gasteiger partial charge is 4.00 e. The van der Waals surface area contributed by atoms with Crippen LogP contribution in [0.25, 0.3) is 5.78 Å². The maximum atomic E-state index is 4.19. The van der Waals surface area contributed by atoms with Gasteiger partial charge in [0, 0.05) is 11.4 Å². The Morgan fingerprint density at radius 1 is 1.31 bits per heavy atom. The molecule has 70 valence electrons. The Kier molecular flexibility index (Phi) is 4.51. The monoisotopic (exact) mass is 378 g/mol. The summed E-state index contributed by atoms with van der Waals surface area (Å²) < 4.78 is 1.72. The maximum Gasteiger partial charge on any atom is 4.00 e. The zero-order valence-corrected chi connectivity index (χ0v) is 10.2. The quantitative estimate of drug-likeness (QED) is 0.520. The van der Waals surface area contributed by atoms with E-state index in [1.54, 1.807) is 4.52 Å². The van der Waals surface area contributed by atoms with Gasteiger partial charge in [0.1, 0.15) is 6.33 Å². The summed E-state index contributed by atoms with van der Waals surface area (Å²) in [6.07, 6.45) is 1.51. The number of aryl methyl sites for hydroxylation is 2. The zero-order chi connectivity index (χ0) is 7.84. The summed E-state index contributed by atoms with van der Waals surface area (Å²) in [5.41, 5.74) is 2.04. The molecule has 0 atom stereocenters. The normalized spacial score (nSPS) is 9.08. The van der Waals surface area contributed by atoms with Crippen molar-refractivity contribution in [1.29, 1.82) is 0 Å². The Morgan fingerprint density at radius 3 is 2.69 bits per heavy atom. The maximum absolute atomic E-state index is 4.19. The minimum atomic E-state index is 0. The average molecular weight is 379 g/mol. The molecule has 2 aromatic rings. The van der Waals surface area contributed by atoms with Crippen molar-refractivity contribution in [1.82, 2.24) is 19.6 Å². The van der Waals surface area contributed by atoms with Crippen molar-refractivity contribution in [3.63, 3.8) is 0 Å². The smallest absolute Gasteiger partial charge is 1.00 e. The summed E-state index contributed by atoms with van der Waals surface area (Å²) in [4.78, 5) is 8.17. The molecule has 0 unspecified atom stereocenters. The Morgan fingerprint density at radius 2 is 2.00 bits per heavy atom. The van der Waals surface area contributed by atoms with E-state index in [1.165, 1.54) is 6.33 Å². The van der Waals surface area contributed by atoms with Gasteiger partial charge >= 0.3 is 21.1 Å². The third-order valence-electron chi connectivity index (χ3n) is 1.56. The molecule has 0 saturated heterocycles. The van der Waals surface area contributed by atoms with Crippen LogP contribution in [0, 0.1) is 13.8 Å². The van der Waals surface area contributed by atoms with E-state index in [2.05, 4.69) is 15.1 Å². The van der Waals surface area contributed by atoms with Crippen LogP contribution in [0.15, 0.2) is 12.4 Å². The molecular formula is C7H8ClN4Pt+3. The van der Waals surface area contributed by atoms with E-state index >= 15 is 0 Å². The summed E-state index contributed by atoms with van der Waals surface area (Å²) in [6.45, 7) is 3.93. The Hall–Kier alpha value is -0.472. The molecule has 0 fully saturated rings. The van der Waals surface area contributed by atoms with Gasteiger partial charge in [0.05, 0.1) is 0 Å². The zero-order valence-electron chi connectivity index (χ0n) is 7.14. The van der Waals surface area contributed by atoms with E-state index in [4.69, 9.17) is 0 Å². The standard InChI is InChI=1S/C7H8N4.ClH.Pt/c1-5-3-6(2)11-7(10-5)8-4-9-11;;/h3-4H,1-2H3;1H;/q;;+4/p-1. The fourth-order valence-corrected chi connectivity index (χ4v) is 1.11. The topological polar surface area (TPSA) is 43.1 Å². The molecule has 0 aliphatic rings. The summed E-state index contributed by atoms with van der Waals surface area (Å²) in [5.74, 6) is 0.669. The number of halogens is 1. The molecule has 0 aliphatic heterocycles. The first-order valence-corrected chi connectivity index (χ1v) is 3.41. The van der Waals surface area contributed by atoms with E-state index in [-0.39, 0.29) is 33.5 Å². The van der Waals surface area contributed by atoms with Crippen molar-refractivity contribution in [2.45, 2.75) is 13.8 Å². The van der Waals surface area contributed by atoms with Gasteiger partial charge in [-0.1, -0.05) is 0 Å². The number of rotatable bonds is 0. The van der Waals surface area contributed by atoms with Crippen molar-refractivity contribution in [2.24, 2.45) is 0 Å². The van der Waals surface area contributed by atoms with Crippen molar-refractivity contribution < 1.29 is 33.5 Å². The molecule has 0 aromatic carbocycles. The van der Waals surface area contributed by atoms with Crippen LogP contribution in [-0.4, -0.2) is 19.6 Å². The van der Waals surface area contributed by atoms with Gasteiger partial charge in [0.25, 0.3) is 5.78 Å². The van der Waals surface area contributed by atoms with Crippen molar-refractivity contribution in [3.05, 3.63) is 23.8 Å². The number of hydrogen-bond acceptors (Lipinski definition) is 3. The van der Waals surface area contributed by atoms with Gasteiger partial charge in [-0.25, -0.2) is 9.50 Å². The summed E-state index contributed by atoms with van der Waals surface area (Å²) in [6, 6.07) is 1.97. The van der Waals surface area contributed by atoms with Gasteiger partial charge < -0.3 is 12.4 Å². The summed E-state index contributed by atoms with van der Waals surface area (Å²) in [5, 5.41) is 4.00. The minimum Gasteiger partial charge on any atom is -1.00 e. The first-order valence-electron chi connectivity index (χ1n) is 3.41. The molecule has 0 bridgehead atoms. The second-order valence-electron chi connectivity index (χ2n) is 2.51. The van der Waals surface area contributed by atoms with Gasteiger partial charge in [0.2, 0.25) is 0 Å². The second kappa shape index (κ2) is 4.68. The SMILES string of the molecule is Cc1cc(C)n2ncnc2n1.[Cl-].[Pt+4]. The van der Waals surface area contributed by atoms with Gasteiger partial charge in [0.15, 0.2) is 0 Å². The predicted octanol–water partition coefficient (Wildman–Crippen LogP) is -2.26.